The first kappa shape index (κ1) is 10.8. The minimum atomic E-state index is -0.222. The highest BCUT2D eigenvalue weighted by Crippen LogP contribution is 2.20. The smallest absolute Gasteiger partial charge is 0.302 e. The van der Waals surface area contributed by atoms with Gasteiger partial charge in [0.25, 0.3) is 0 Å². The van der Waals surface area contributed by atoms with Crippen molar-refractivity contribution in [3.8, 4) is 0 Å². The zero-order valence-electron chi connectivity index (χ0n) is 8.86. The summed E-state index contributed by atoms with van der Waals surface area (Å²) in [6, 6.07) is 10.1. The third-order valence-corrected chi connectivity index (χ3v) is 2.38. The van der Waals surface area contributed by atoms with E-state index in [0.717, 1.165) is 0 Å². The van der Waals surface area contributed by atoms with Crippen LogP contribution in [-0.4, -0.2) is 12.1 Å². The Labute approximate surface area is 84.9 Å². The Bertz CT molecular complexity index is 292. The Balaban J connectivity index is 2.65. The highest BCUT2D eigenvalue weighted by Gasteiger charge is 2.16. The molecule has 2 atom stereocenters. The van der Waals surface area contributed by atoms with Crippen molar-refractivity contribution in [2.45, 2.75) is 32.8 Å². The molecule has 0 saturated heterocycles. The third-order valence-electron chi connectivity index (χ3n) is 2.38. The van der Waals surface area contributed by atoms with Gasteiger partial charge in [-0.05, 0) is 12.5 Å². The van der Waals surface area contributed by atoms with Crippen LogP contribution in [0.2, 0.25) is 0 Å². The first-order valence-electron chi connectivity index (χ1n) is 4.83. The van der Waals surface area contributed by atoms with Crippen molar-refractivity contribution in [2.75, 3.05) is 0 Å². The van der Waals surface area contributed by atoms with Gasteiger partial charge in [0.1, 0.15) is 6.10 Å². The molecule has 0 aromatic heterocycles. The van der Waals surface area contributed by atoms with Crippen molar-refractivity contribution in [1.29, 1.82) is 0 Å². The second kappa shape index (κ2) is 4.80. The average Bonchev–Trinajstić information content (AvgIpc) is 2.17. The molecule has 0 saturated carbocycles. The topological polar surface area (TPSA) is 26.3 Å². The predicted molar refractivity (Wildman–Crippen MR) is 56.1 cm³/mol. The van der Waals surface area contributed by atoms with Crippen LogP contribution in [0.15, 0.2) is 30.3 Å². The van der Waals surface area contributed by atoms with E-state index in [0.29, 0.717) is 0 Å². The van der Waals surface area contributed by atoms with E-state index in [2.05, 4.69) is 6.92 Å². The molecule has 76 valence electrons. The molecule has 14 heavy (non-hydrogen) atoms. The van der Waals surface area contributed by atoms with Crippen molar-refractivity contribution in [2.24, 2.45) is 0 Å². The Kier molecular flexibility index (Phi) is 3.69. The molecule has 1 aromatic rings. The number of rotatable bonds is 3. The van der Waals surface area contributed by atoms with E-state index in [4.69, 9.17) is 4.74 Å². The Morgan fingerprint density at radius 3 is 2.29 bits per heavy atom. The molecule has 0 amide bonds. The van der Waals surface area contributed by atoms with Gasteiger partial charge in [0.2, 0.25) is 0 Å². The van der Waals surface area contributed by atoms with Gasteiger partial charge in [-0.25, -0.2) is 0 Å². The fourth-order valence-corrected chi connectivity index (χ4v) is 1.39. The summed E-state index contributed by atoms with van der Waals surface area (Å²) in [5.41, 5.74) is 1.20. The summed E-state index contributed by atoms with van der Waals surface area (Å²) in [4.78, 5) is 10.8. The van der Waals surface area contributed by atoms with E-state index in [1.807, 2.05) is 37.3 Å². The zero-order valence-corrected chi connectivity index (χ0v) is 8.86. The molecule has 0 aliphatic heterocycles. The van der Waals surface area contributed by atoms with Crippen LogP contribution in [0.1, 0.15) is 32.3 Å². The van der Waals surface area contributed by atoms with Crippen LogP contribution in [0.25, 0.3) is 0 Å². The minimum absolute atomic E-state index is 0.0742. The second-order valence-electron chi connectivity index (χ2n) is 3.51. The van der Waals surface area contributed by atoms with E-state index in [1.54, 1.807) is 0 Å². The number of ether oxygens (including phenoxy) is 1. The summed E-state index contributed by atoms with van der Waals surface area (Å²) < 4.78 is 5.13. The second-order valence-corrected chi connectivity index (χ2v) is 3.51. The van der Waals surface area contributed by atoms with Crippen LogP contribution in [0.4, 0.5) is 0 Å². The Morgan fingerprint density at radius 2 is 1.79 bits per heavy atom. The standard InChI is InChI=1S/C12H16O2/c1-9(10(2)14-11(3)13)12-7-5-4-6-8-12/h4-10H,1-3H3/t9-,10+/m0/s1. The summed E-state index contributed by atoms with van der Waals surface area (Å²) >= 11 is 0. The van der Waals surface area contributed by atoms with Crippen LogP contribution in [-0.2, 0) is 9.53 Å². The summed E-state index contributed by atoms with van der Waals surface area (Å²) in [5, 5.41) is 0. The highest BCUT2D eigenvalue weighted by molar-refractivity contribution is 5.66. The van der Waals surface area contributed by atoms with Gasteiger partial charge in [0.05, 0.1) is 0 Å². The lowest BCUT2D eigenvalue weighted by Crippen LogP contribution is -2.19. The Hall–Kier alpha value is -1.31. The number of benzene rings is 1. The predicted octanol–water partition coefficient (Wildman–Crippen LogP) is 2.74. The largest absolute Gasteiger partial charge is 0.462 e. The maximum absolute atomic E-state index is 10.8. The van der Waals surface area contributed by atoms with Gasteiger partial charge in [-0.3, -0.25) is 4.79 Å². The summed E-state index contributed by atoms with van der Waals surface area (Å²) in [7, 11) is 0. The number of esters is 1. The monoisotopic (exact) mass is 192 g/mol. The number of carbonyl (C=O) groups is 1. The summed E-state index contributed by atoms with van der Waals surface area (Å²) in [6.45, 7) is 5.41. The zero-order chi connectivity index (χ0) is 10.6. The molecule has 0 N–H and O–H groups in total. The van der Waals surface area contributed by atoms with Gasteiger partial charge >= 0.3 is 5.97 Å². The Morgan fingerprint density at radius 1 is 1.21 bits per heavy atom. The third kappa shape index (κ3) is 2.87. The van der Waals surface area contributed by atoms with E-state index in [1.165, 1.54) is 12.5 Å². The van der Waals surface area contributed by atoms with E-state index < -0.39 is 0 Å². The molecular formula is C12H16O2. The molecule has 0 fully saturated rings. The molecule has 0 spiro atoms. The van der Waals surface area contributed by atoms with Gasteiger partial charge in [-0.15, -0.1) is 0 Å². The molecule has 0 aliphatic carbocycles. The average molecular weight is 192 g/mol. The van der Waals surface area contributed by atoms with E-state index >= 15 is 0 Å². The lowest BCUT2D eigenvalue weighted by atomic mass is 9.96. The number of hydrogen-bond acceptors (Lipinski definition) is 2. The SMILES string of the molecule is CC(=O)O[C@H](C)[C@H](C)c1ccccc1. The van der Waals surface area contributed by atoms with Crippen molar-refractivity contribution in [3.05, 3.63) is 35.9 Å². The molecule has 0 unspecified atom stereocenters. The van der Waals surface area contributed by atoms with Crippen LogP contribution in [0.3, 0.4) is 0 Å². The fraction of sp³-hybridized carbons (Fsp3) is 0.417. The van der Waals surface area contributed by atoms with Gasteiger partial charge in [0.15, 0.2) is 0 Å². The fourth-order valence-electron chi connectivity index (χ4n) is 1.39. The lowest BCUT2D eigenvalue weighted by molar-refractivity contribution is -0.146. The highest BCUT2D eigenvalue weighted by atomic mass is 16.5. The van der Waals surface area contributed by atoms with Crippen molar-refractivity contribution in [3.63, 3.8) is 0 Å². The molecule has 2 nitrogen and oxygen atoms in total. The molecule has 1 aromatic carbocycles. The van der Waals surface area contributed by atoms with E-state index in [9.17, 15) is 4.79 Å². The first-order chi connectivity index (χ1) is 6.61. The van der Waals surface area contributed by atoms with Gasteiger partial charge < -0.3 is 4.74 Å². The maximum Gasteiger partial charge on any atom is 0.302 e. The first-order valence-corrected chi connectivity index (χ1v) is 4.83. The quantitative estimate of drug-likeness (QED) is 0.688. The normalized spacial score (nSPS) is 14.5. The lowest BCUT2D eigenvalue weighted by Gasteiger charge is -2.19. The van der Waals surface area contributed by atoms with Crippen LogP contribution in [0, 0.1) is 0 Å². The molecule has 2 heteroatoms. The van der Waals surface area contributed by atoms with Crippen molar-refractivity contribution in [1.82, 2.24) is 0 Å². The maximum atomic E-state index is 10.8. The van der Waals surface area contributed by atoms with Crippen LogP contribution >= 0.6 is 0 Å². The minimum Gasteiger partial charge on any atom is -0.462 e. The molecule has 0 radical (unpaired) electrons. The number of hydrogen-bond donors (Lipinski definition) is 0. The van der Waals surface area contributed by atoms with Crippen molar-refractivity contribution >= 4 is 5.97 Å². The molecule has 1 rings (SSSR count). The molecular weight excluding hydrogens is 176 g/mol. The molecule has 0 heterocycles. The molecule has 0 bridgehead atoms. The van der Waals surface area contributed by atoms with Gasteiger partial charge in [-0.1, -0.05) is 37.3 Å². The summed E-state index contributed by atoms with van der Waals surface area (Å²) in [6.07, 6.45) is -0.0742. The van der Waals surface area contributed by atoms with E-state index in [-0.39, 0.29) is 18.0 Å². The van der Waals surface area contributed by atoms with Crippen LogP contribution in [0.5, 0.6) is 0 Å². The summed E-state index contributed by atoms with van der Waals surface area (Å²) in [5.74, 6) is 0.0142. The van der Waals surface area contributed by atoms with Crippen LogP contribution < -0.4 is 0 Å². The van der Waals surface area contributed by atoms with Crippen molar-refractivity contribution < 1.29 is 9.53 Å². The number of carbonyl (C=O) groups excluding carboxylic acids is 1. The van der Waals surface area contributed by atoms with Gasteiger partial charge in [0, 0.05) is 12.8 Å². The van der Waals surface area contributed by atoms with Gasteiger partial charge in [-0.2, -0.15) is 0 Å². The molecule has 0 aliphatic rings.